The molecule has 92 valence electrons. The maximum Gasteiger partial charge on any atom is 1.00 e. The van der Waals surface area contributed by atoms with Crippen LogP contribution in [0.2, 0.25) is 0 Å². The Kier molecular flexibility index (Phi) is 14.5. The minimum atomic E-state index is -0.296. The fourth-order valence-corrected chi connectivity index (χ4v) is 1.42. The number of rotatable bonds is 2. The van der Waals surface area contributed by atoms with Gasteiger partial charge in [-0.1, -0.05) is 85.1 Å². The molecule has 0 unspecified atom stereocenters. The van der Waals surface area contributed by atoms with Gasteiger partial charge in [-0.2, -0.15) is 0 Å². The molecule has 0 heterocycles. The van der Waals surface area contributed by atoms with Crippen molar-refractivity contribution in [2.45, 2.75) is 0 Å². The number of thiocarbonyl (C=S) groups is 2. The molecule has 2 aromatic carbocycles. The van der Waals surface area contributed by atoms with Crippen molar-refractivity contribution in [2.24, 2.45) is 0 Å². The molecule has 2 rings (SSSR count). The number of benzene rings is 2. The summed E-state index contributed by atoms with van der Waals surface area (Å²) in [6, 6.07) is 17.7. The Labute approximate surface area is 173 Å². The van der Waals surface area contributed by atoms with Crippen LogP contribution >= 0.6 is 24.4 Å². The van der Waals surface area contributed by atoms with Gasteiger partial charge < -0.3 is 10.2 Å². The van der Waals surface area contributed by atoms with Crippen LogP contribution in [-0.2, 0) is 0 Å². The summed E-state index contributed by atoms with van der Waals surface area (Å²) in [5.41, 5.74) is 1.18. The van der Waals surface area contributed by atoms with Crippen molar-refractivity contribution < 1.29 is 69.3 Å². The standard InChI is InChI=1S/2C7H6OS.2Na/c2*8-7(9)6-4-2-1-3-5-6;;/h2*1-5H,(H,8,9);;/q;;2*+1/p-2. The van der Waals surface area contributed by atoms with Crippen molar-refractivity contribution >= 4 is 34.5 Å². The topological polar surface area (TPSA) is 46.1 Å². The Bertz CT molecular complexity index is 470. The van der Waals surface area contributed by atoms with Crippen LogP contribution in [-0.4, -0.2) is 10.1 Å². The summed E-state index contributed by atoms with van der Waals surface area (Å²) in [5.74, 6) is 0. The second-order valence-electron chi connectivity index (χ2n) is 3.31. The van der Waals surface area contributed by atoms with Crippen LogP contribution in [0.1, 0.15) is 11.1 Å². The Hall–Kier alpha value is 0.220. The van der Waals surface area contributed by atoms with E-state index in [0.717, 1.165) is 0 Å². The van der Waals surface area contributed by atoms with Crippen LogP contribution in [0.15, 0.2) is 60.7 Å². The molecule has 0 saturated heterocycles. The Balaban J connectivity index is 0. The Morgan fingerprint density at radius 1 is 0.600 bits per heavy atom. The first kappa shape index (κ1) is 22.5. The van der Waals surface area contributed by atoms with Crippen molar-refractivity contribution in [2.75, 3.05) is 0 Å². The Morgan fingerprint density at radius 2 is 0.850 bits per heavy atom. The van der Waals surface area contributed by atoms with Gasteiger partial charge in [0, 0.05) is 0 Å². The molecular weight excluding hydrogens is 310 g/mol. The molecule has 0 bridgehead atoms. The van der Waals surface area contributed by atoms with E-state index in [1.807, 2.05) is 12.1 Å². The van der Waals surface area contributed by atoms with Crippen LogP contribution in [0.3, 0.4) is 0 Å². The van der Waals surface area contributed by atoms with Gasteiger partial charge in [-0.3, -0.25) is 0 Å². The largest absolute Gasteiger partial charge is 1.00 e. The maximum absolute atomic E-state index is 10.5. The van der Waals surface area contributed by atoms with E-state index in [9.17, 15) is 10.2 Å². The summed E-state index contributed by atoms with van der Waals surface area (Å²) >= 11 is 8.81. The molecule has 0 saturated carbocycles. The Morgan fingerprint density at radius 3 is 1.00 bits per heavy atom. The molecule has 2 aromatic rings. The van der Waals surface area contributed by atoms with E-state index < -0.39 is 0 Å². The van der Waals surface area contributed by atoms with Gasteiger partial charge in [-0.15, -0.1) is 0 Å². The third kappa shape index (κ3) is 9.21. The van der Waals surface area contributed by atoms with Crippen LogP contribution in [0.5, 0.6) is 0 Å². The monoisotopic (exact) mass is 320 g/mol. The molecule has 0 spiro atoms. The van der Waals surface area contributed by atoms with Crippen molar-refractivity contribution in [3.63, 3.8) is 0 Å². The third-order valence-electron chi connectivity index (χ3n) is 2.02. The van der Waals surface area contributed by atoms with Crippen LogP contribution in [0.4, 0.5) is 0 Å². The SMILES string of the molecule is [Na+].[Na+].[O-]C(=S)c1ccccc1.[O-]C(=S)c1ccccc1. The number of hydrogen-bond acceptors (Lipinski definition) is 4. The minimum Gasteiger partial charge on any atom is -0.864 e. The molecular formula is C14H10Na2O2S2. The van der Waals surface area contributed by atoms with E-state index in [1.54, 1.807) is 48.5 Å². The second kappa shape index (κ2) is 12.9. The minimum absolute atomic E-state index is 0. The molecule has 0 radical (unpaired) electrons. The fraction of sp³-hybridized carbons (Fsp3) is 0. The van der Waals surface area contributed by atoms with E-state index in [1.165, 1.54) is 0 Å². The van der Waals surface area contributed by atoms with E-state index >= 15 is 0 Å². The summed E-state index contributed by atoms with van der Waals surface area (Å²) in [4.78, 5) is 0. The van der Waals surface area contributed by atoms with Crippen molar-refractivity contribution in [1.82, 2.24) is 0 Å². The third-order valence-corrected chi connectivity index (χ3v) is 2.49. The maximum atomic E-state index is 10.5. The predicted molar refractivity (Wildman–Crippen MR) is 76.3 cm³/mol. The summed E-state index contributed by atoms with van der Waals surface area (Å²) in [6.45, 7) is 0. The van der Waals surface area contributed by atoms with Gasteiger partial charge in [-0.05, 0) is 21.2 Å². The van der Waals surface area contributed by atoms with Crippen molar-refractivity contribution in [1.29, 1.82) is 0 Å². The van der Waals surface area contributed by atoms with Gasteiger partial charge in [0.1, 0.15) is 0 Å². The van der Waals surface area contributed by atoms with Gasteiger partial charge in [0.05, 0.1) is 0 Å². The molecule has 0 N–H and O–H groups in total. The molecule has 0 atom stereocenters. The zero-order chi connectivity index (χ0) is 13.4. The summed E-state index contributed by atoms with van der Waals surface area (Å²) < 4.78 is 0. The molecule has 0 aliphatic rings. The first-order chi connectivity index (χ1) is 8.61. The van der Waals surface area contributed by atoms with Gasteiger partial charge in [0.25, 0.3) is 0 Å². The zero-order valence-corrected chi connectivity index (χ0v) is 17.0. The van der Waals surface area contributed by atoms with Gasteiger partial charge in [0.2, 0.25) is 0 Å². The van der Waals surface area contributed by atoms with Crippen LogP contribution < -0.4 is 69.3 Å². The van der Waals surface area contributed by atoms with E-state index in [0.29, 0.717) is 11.1 Å². The molecule has 0 fully saturated rings. The normalized spacial score (nSPS) is 8.00. The van der Waals surface area contributed by atoms with E-state index in [2.05, 4.69) is 24.4 Å². The smallest absolute Gasteiger partial charge is 0.864 e. The molecule has 0 amide bonds. The predicted octanol–water partition coefficient (Wildman–Crippen LogP) is -4.55. The van der Waals surface area contributed by atoms with Crippen LogP contribution in [0, 0.1) is 0 Å². The summed E-state index contributed by atoms with van der Waals surface area (Å²) in [5, 5.41) is 20.3. The van der Waals surface area contributed by atoms with E-state index in [4.69, 9.17) is 0 Å². The first-order valence-corrected chi connectivity index (χ1v) is 5.95. The van der Waals surface area contributed by atoms with Gasteiger partial charge >= 0.3 is 59.1 Å². The molecule has 0 aliphatic heterocycles. The van der Waals surface area contributed by atoms with E-state index in [-0.39, 0.29) is 69.2 Å². The van der Waals surface area contributed by atoms with Gasteiger partial charge in [0.15, 0.2) is 0 Å². The molecule has 0 aromatic heterocycles. The van der Waals surface area contributed by atoms with Crippen molar-refractivity contribution in [3.8, 4) is 0 Å². The molecule has 6 heteroatoms. The second-order valence-corrected chi connectivity index (χ2v) is 4.05. The quantitative estimate of drug-likeness (QED) is 0.413. The molecule has 20 heavy (non-hydrogen) atoms. The summed E-state index contributed by atoms with van der Waals surface area (Å²) in [7, 11) is 0. The van der Waals surface area contributed by atoms with Gasteiger partial charge in [-0.25, -0.2) is 0 Å². The molecule has 2 nitrogen and oxygen atoms in total. The van der Waals surface area contributed by atoms with Crippen LogP contribution in [0.25, 0.3) is 0 Å². The first-order valence-electron chi connectivity index (χ1n) is 5.14. The average molecular weight is 320 g/mol. The number of hydrogen-bond donors (Lipinski definition) is 0. The fourth-order valence-electron chi connectivity index (χ4n) is 1.15. The average Bonchev–Trinajstić information content (AvgIpc) is 2.41. The zero-order valence-electron chi connectivity index (χ0n) is 11.4. The summed E-state index contributed by atoms with van der Waals surface area (Å²) in [6.07, 6.45) is 0. The van der Waals surface area contributed by atoms with Crippen molar-refractivity contribution in [3.05, 3.63) is 71.8 Å². The molecule has 0 aliphatic carbocycles.